The lowest BCUT2D eigenvalue weighted by atomic mass is 10.1. The van der Waals surface area contributed by atoms with Crippen molar-refractivity contribution in [2.24, 2.45) is 5.84 Å². The molecule has 0 saturated carbocycles. The van der Waals surface area contributed by atoms with Crippen LogP contribution in [0.2, 0.25) is 0 Å². The number of imidazole rings is 1. The van der Waals surface area contributed by atoms with Gasteiger partial charge in [-0.25, -0.2) is 10.4 Å². The smallest absolute Gasteiger partial charge is 0.129 e. The minimum Gasteiger partial charge on any atom is -0.376 e. The first-order valence-corrected chi connectivity index (χ1v) is 5.45. The normalized spacial score (nSPS) is 23.2. The van der Waals surface area contributed by atoms with Crippen LogP contribution in [-0.4, -0.2) is 22.3 Å². The highest BCUT2D eigenvalue weighted by Crippen LogP contribution is 2.25. The molecule has 1 aromatic heterocycles. The summed E-state index contributed by atoms with van der Waals surface area (Å²) in [6, 6.07) is 0.00227. The van der Waals surface area contributed by atoms with Crippen molar-refractivity contribution in [3.05, 3.63) is 18.2 Å². The maximum absolute atomic E-state index is 5.63. The number of rotatable bonds is 4. The van der Waals surface area contributed by atoms with E-state index in [9.17, 15) is 0 Å². The Bertz CT molecular complexity index is 306. The fourth-order valence-corrected chi connectivity index (χ4v) is 2.08. The number of ether oxygens (including phenoxy) is 1. The van der Waals surface area contributed by atoms with Gasteiger partial charge in [-0.3, -0.25) is 5.84 Å². The second kappa shape index (κ2) is 4.74. The highest BCUT2D eigenvalue weighted by atomic mass is 16.5. The molecule has 0 spiro atoms. The SMILES string of the molecule is CCn1ccnc1C(NN)C1CCCO1. The summed E-state index contributed by atoms with van der Waals surface area (Å²) in [6.45, 7) is 3.82. The van der Waals surface area contributed by atoms with Gasteiger partial charge in [0.15, 0.2) is 0 Å². The lowest BCUT2D eigenvalue weighted by Gasteiger charge is -2.22. The van der Waals surface area contributed by atoms with E-state index in [1.54, 1.807) is 6.20 Å². The minimum atomic E-state index is 0.00227. The van der Waals surface area contributed by atoms with Crippen LogP contribution < -0.4 is 11.3 Å². The van der Waals surface area contributed by atoms with Gasteiger partial charge in [-0.15, -0.1) is 0 Å². The summed E-state index contributed by atoms with van der Waals surface area (Å²) in [6.07, 6.45) is 6.08. The predicted molar refractivity (Wildman–Crippen MR) is 56.9 cm³/mol. The van der Waals surface area contributed by atoms with E-state index in [1.165, 1.54) is 0 Å². The summed E-state index contributed by atoms with van der Waals surface area (Å²) >= 11 is 0. The Morgan fingerprint density at radius 2 is 2.67 bits per heavy atom. The summed E-state index contributed by atoms with van der Waals surface area (Å²) in [5, 5.41) is 0. The van der Waals surface area contributed by atoms with Gasteiger partial charge in [0, 0.05) is 25.5 Å². The van der Waals surface area contributed by atoms with Crippen molar-refractivity contribution in [3.8, 4) is 0 Å². The number of nitrogens with zero attached hydrogens (tertiary/aromatic N) is 2. The molecule has 0 amide bonds. The molecule has 2 heterocycles. The molecule has 5 heteroatoms. The fraction of sp³-hybridized carbons (Fsp3) is 0.700. The number of aryl methyl sites for hydroxylation is 1. The van der Waals surface area contributed by atoms with E-state index in [0.717, 1.165) is 31.8 Å². The Kier molecular flexibility index (Phi) is 3.35. The fourth-order valence-electron chi connectivity index (χ4n) is 2.08. The van der Waals surface area contributed by atoms with E-state index in [4.69, 9.17) is 10.6 Å². The highest BCUT2D eigenvalue weighted by Gasteiger charge is 2.29. The van der Waals surface area contributed by atoms with Gasteiger partial charge in [0.1, 0.15) is 11.9 Å². The van der Waals surface area contributed by atoms with Crippen molar-refractivity contribution in [2.75, 3.05) is 6.61 Å². The maximum Gasteiger partial charge on any atom is 0.129 e. The molecule has 15 heavy (non-hydrogen) atoms. The van der Waals surface area contributed by atoms with Gasteiger partial charge in [0.05, 0.1) is 6.10 Å². The van der Waals surface area contributed by atoms with Crippen LogP contribution in [0, 0.1) is 0 Å². The Balaban J connectivity index is 2.17. The molecule has 84 valence electrons. The molecule has 1 aromatic rings. The van der Waals surface area contributed by atoms with E-state index in [1.807, 2.05) is 6.20 Å². The number of aromatic nitrogens is 2. The van der Waals surface area contributed by atoms with Gasteiger partial charge in [-0.2, -0.15) is 0 Å². The van der Waals surface area contributed by atoms with Crippen LogP contribution in [0.3, 0.4) is 0 Å². The van der Waals surface area contributed by atoms with Gasteiger partial charge < -0.3 is 9.30 Å². The summed E-state index contributed by atoms with van der Waals surface area (Å²) in [5.41, 5.74) is 2.81. The first-order chi connectivity index (χ1) is 7.36. The van der Waals surface area contributed by atoms with Gasteiger partial charge in [-0.1, -0.05) is 0 Å². The summed E-state index contributed by atoms with van der Waals surface area (Å²) < 4.78 is 7.72. The van der Waals surface area contributed by atoms with Crippen molar-refractivity contribution in [1.29, 1.82) is 0 Å². The minimum absolute atomic E-state index is 0.00227. The zero-order valence-corrected chi connectivity index (χ0v) is 9.02. The lowest BCUT2D eigenvalue weighted by molar-refractivity contribution is 0.0745. The zero-order valence-electron chi connectivity index (χ0n) is 9.02. The molecule has 0 radical (unpaired) electrons. The molecule has 1 saturated heterocycles. The second-order valence-corrected chi connectivity index (χ2v) is 3.77. The molecular weight excluding hydrogens is 192 g/mol. The summed E-state index contributed by atoms with van der Waals surface area (Å²) in [4.78, 5) is 4.34. The van der Waals surface area contributed by atoms with E-state index in [0.29, 0.717) is 0 Å². The first kappa shape index (κ1) is 10.6. The second-order valence-electron chi connectivity index (χ2n) is 3.77. The Labute approximate surface area is 89.6 Å². The molecule has 0 bridgehead atoms. The van der Waals surface area contributed by atoms with Crippen LogP contribution >= 0.6 is 0 Å². The van der Waals surface area contributed by atoms with Crippen LogP contribution in [0.5, 0.6) is 0 Å². The molecule has 2 rings (SSSR count). The van der Waals surface area contributed by atoms with Crippen molar-refractivity contribution in [3.63, 3.8) is 0 Å². The molecule has 1 aliphatic rings. The van der Waals surface area contributed by atoms with Crippen molar-refractivity contribution >= 4 is 0 Å². The van der Waals surface area contributed by atoms with Crippen LogP contribution in [0.1, 0.15) is 31.6 Å². The van der Waals surface area contributed by atoms with Gasteiger partial charge in [0.2, 0.25) is 0 Å². The van der Waals surface area contributed by atoms with Crippen LogP contribution in [0.25, 0.3) is 0 Å². The molecule has 2 atom stereocenters. The first-order valence-electron chi connectivity index (χ1n) is 5.45. The third-order valence-electron chi connectivity index (χ3n) is 2.88. The van der Waals surface area contributed by atoms with E-state index >= 15 is 0 Å². The highest BCUT2D eigenvalue weighted by molar-refractivity contribution is 5.02. The quantitative estimate of drug-likeness (QED) is 0.564. The molecule has 3 N–H and O–H groups in total. The van der Waals surface area contributed by atoms with Crippen molar-refractivity contribution in [2.45, 2.75) is 38.5 Å². The summed E-state index contributed by atoms with van der Waals surface area (Å²) in [5.74, 6) is 6.55. The predicted octanol–water partition coefficient (Wildman–Crippen LogP) is 0.586. The number of hydrogen-bond donors (Lipinski definition) is 2. The number of hydrogen-bond acceptors (Lipinski definition) is 4. The molecule has 1 fully saturated rings. The lowest BCUT2D eigenvalue weighted by Crippen LogP contribution is -2.38. The molecule has 0 aromatic carbocycles. The van der Waals surface area contributed by atoms with E-state index in [-0.39, 0.29) is 12.1 Å². The van der Waals surface area contributed by atoms with E-state index in [2.05, 4.69) is 21.9 Å². The third kappa shape index (κ3) is 2.04. The Morgan fingerprint density at radius 1 is 1.80 bits per heavy atom. The van der Waals surface area contributed by atoms with Crippen LogP contribution in [0.4, 0.5) is 0 Å². The molecular formula is C10H18N4O. The van der Waals surface area contributed by atoms with Crippen LogP contribution in [0.15, 0.2) is 12.4 Å². The molecule has 0 aliphatic carbocycles. The average molecular weight is 210 g/mol. The van der Waals surface area contributed by atoms with E-state index < -0.39 is 0 Å². The third-order valence-corrected chi connectivity index (χ3v) is 2.88. The van der Waals surface area contributed by atoms with Crippen molar-refractivity contribution < 1.29 is 4.74 Å². The van der Waals surface area contributed by atoms with Crippen molar-refractivity contribution in [1.82, 2.24) is 15.0 Å². The average Bonchev–Trinajstić information content (AvgIpc) is 2.89. The largest absolute Gasteiger partial charge is 0.376 e. The Morgan fingerprint density at radius 3 is 3.27 bits per heavy atom. The molecule has 1 aliphatic heterocycles. The van der Waals surface area contributed by atoms with Gasteiger partial charge >= 0.3 is 0 Å². The number of nitrogens with one attached hydrogen (secondary N) is 1. The number of nitrogens with two attached hydrogens (primary N) is 1. The molecule has 2 unspecified atom stereocenters. The van der Waals surface area contributed by atoms with Gasteiger partial charge in [0.25, 0.3) is 0 Å². The zero-order chi connectivity index (χ0) is 10.7. The number of hydrazine groups is 1. The topological polar surface area (TPSA) is 65.1 Å². The van der Waals surface area contributed by atoms with Gasteiger partial charge in [-0.05, 0) is 19.8 Å². The molecule has 5 nitrogen and oxygen atoms in total. The monoisotopic (exact) mass is 210 g/mol. The van der Waals surface area contributed by atoms with Crippen LogP contribution in [-0.2, 0) is 11.3 Å². The standard InChI is InChI=1S/C10H18N4O/c1-2-14-6-5-12-10(14)9(13-11)8-4-3-7-15-8/h5-6,8-9,13H,2-4,7,11H2,1H3. The maximum atomic E-state index is 5.63. The Hall–Kier alpha value is -0.910. The summed E-state index contributed by atoms with van der Waals surface area (Å²) in [7, 11) is 0.